The summed E-state index contributed by atoms with van der Waals surface area (Å²) in [5, 5.41) is 13.9. The Morgan fingerprint density at radius 1 is 0.327 bits per heavy atom. The fraction of sp³-hybridized carbons (Fsp3) is 0.143. The third-order valence-electron chi connectivity index (χ3n) is 8.05. The van der Waals surface area contributed by atoms with Crippen LogP contribution in [0.5, 0.6) is 34.5 Å². The molecule has 0 radical (unpaired) electrons. The van der Waals surface area contributed by atoms with E-state index in [1.165, 1.54) is 0 Å². The molecule has 266 valence electrons. The van der Waals surface area contributed by atoms with E-state index in [9.17, 15) is 0 Å². The van der Waals surface area contributed by atoms with Gasteiger partial charge in [0.15, 0.2) is 0 Å². The molecule has 0 bridgehead atoms. The Morgan fingerprint density at radius 2 is 0.596 bits per heavy atom. The normalized spacial score (nSPS) is 10.5. The van der Waals surface area contributed by atoms with Crippen molar-refractivity contribution in [3.8, 4) is 34.5 Å². The van der Waals surface area contributed by atoms with Gasteiger partial charge in [0.1, 0.15) is 47.7 Å². The molecule has 0 saturated carbocycles. The Bertz CT molecular complexity index is 1870. The third kappa shape index (κ3) is 9.51. The topological polar surface area (TPSA) is 104 Å². The molecule has 0 heterocycles. The van der Waals surface area contributed by atoms with Crippen LogP contribution in [-0.2, 0) is 0 Å². The maximum absolute atomic E-state index is 6.30. The average molecular weight is 699 g/mol. The molecule has 0 atom stereocenters. The van der Waals surface area contributed by atoms with Crippen molar-refractivity contribution in [1.29, 1.82) is 0 Å². The van der Waals surface area contributed by atoms with Crippen molar-refractivity contribution in [2.24, 2.45) is 0 Å². The number of hydrogen-bond donors (Lipinski definition) is 4. The number of rotatable bonds is 17. The highest BCUT2D eigenvalue weighted by atomic mass is 16.5. The molecule has 0 aliphatic heterocycles. The van der Waals surface area contributed by atoms with Gasteiger partial charge in [-0.2, -0.15) is 0 Å². The molecule has 10 nitrogen and oxygen atoms in total. The molecule has 4 N–H and O–H groups in total. The second-order valence-corrected chi connectivity index (χ2v) is 11.5. The minimum atomic E-state index is 0.302. The van der Waals surface area contributed by atoms with Gasteiger partial charge < -0.3 is 49.7 Å². The van der Waals surface area contributed by atoms with E-state index in [1.54, 1.807) is 28.4 Å². The number of hydrogen-bond acceptors (Lipinski definition) is 10. The lowest BCUT2D eigenvalue weighted by Crippen LogP contribution is -2.11. The van der Waals surface area contributed by atoms with Crippen molar-refractivity contribution in [2.75, 3.05) is 62.9 Å². The van der Waals surface area contributed by atoms with E-state index in [4.69, 9.17) is 28.4 Å². The molecular formula is C42H42N4O6. The Labute approximate surface area is 304 Å². The van der Waals surface area contributed by atoms with Crippen molar-refractivity contribution in [2.45, 2.75) is 0 Å². The van der Waals surface area contributed by atoms with Crippen molar-refractivity contribution in [1.82, 2.24) is 0 Å². The van der Waals surface area contributed by atoms with Gasteiger partial charge in [0.2, 0.25) is 0 Å². The second kappa shape index (κ2) is 17.3. The molecule has 10 heteroatoms. The van der Waals surface area contributed by atoms with Crippen LogP contribution in [0, 0.1) is 0 Å². The smallest absolute Gasteiger partial charge is 0.143 e. The zero-order valence-corrected chi connectivity index (χ0v) is 29.6. The number of anilines is 8. The van der Waals surface area contributed by atoms with Gasteiger partial charge in [-0.1, -0.05) is 0 Å². The van der Waals surface area contributed by atoms with Crippen LogP contribution in [0.15, 0.2) is 133 Å². The lowest BCUT2D eigenvalue weighted by Gasteiger charge is -2.18. The minimum Gasteiger partial charge on any atom is -0.497 e. The van der Waals surface area contributed by atoms with E-state index in [2.05, 4.69) is 21.3 Å². The van der Waals surface area contributed by atoms with Gasteiger partial charge in [-0.05, 0) is 133 Å². The molecule has 0 aliphatic rings. The number of ether oxygens (including phenoxy) is 6. The summed E-state index contributed by atoms with van der Waals surface area (Å²) in [7, 11) is 6.60. The number of methoxy groups -OCH3 is 4. The quantitative estimate of drug-likeness (QED) is 0.0688. The van der Waals surface area contributed by atoms with Crippen molar-refractivity contribution < 1.29 is 28.4 Å². The number of benzene rings is 6. The summed E-state index contributed by atoms with van der Waals surface area (Å²) in [6.45, 7) is 0.604. The number of nitrogens with one attached hydrogen (secondary N) is 4. The second-order valence-electron chi connectivity index (χ2n) is 11.5. The molecule has 0 spiro atoms. The summed E-state index contributed by atoms with van der Waals surface area (Å²) in [5.41, 5.74) is 7.01. The van der Waals surface area contributed by atoms with Crippen molar-refractivity contribution in [3.63, 3.8) is 0 Å². The largest absolute Gasteiger partial charge is 0.497 e. The van der Waals surface area contributed by atoms with E-state index in [-0.39, 0.29) is 0 Å². The van der Waals surface area contributed by atoms with Gasteiger partial charge in [0.05, 0.1) is 39.8 Å². The van der Waals surface area contributed by atoms with Crippen LogP contribution >= 0.6 is 0 Å². The van der Waals surface area contributed by atoms with Crippen LogP contribution in [0.2, 0.25) is 0 Å². The van der Waals surface area contributed by atoms with Crippen LogP contribution in [0.4, 0.5) is 45.5 Å². The SMILES string of the molecule is COc1ccc(Nc2ccc(OCCOc3ccc(Nc4ccc(OC)cc4)cc3Nc3ccc(OC)cc3)c(Nc3ccc(OC)cc3)c2)cc1. The van der Waals surface area contributed by atoms with Gasteiger partial charge in [0, 0.05) is 34.1 Å². The maximum Gasteiger partial charge on any atom is 0.143 e. The molecule has 52 heavy (non-hydrogen) atoms. The summed E-state index contributed by atoms with van der Waals surface area (Å²) >= 11 is 0. The van der Waals surface area contributed by atoms with Crippen LogP contribution in [0.25, 0.3) is 0 Å². The molecule has 0 amide bonds. The Kier molecular flexibility index (Phi) is 11.7. The van der Waals surface area contributed by atoms with Crippen LogP contribution in [0.3, 0.4) is 0 Å². The molecule has 0 aliphatic carbocycles. The van der Waals surface area contributed by atoms with Crippen molar-refractivity contribution in [3.05, 3.63) is 133 Å². The fourth-order valence-corrected chi connectivity index (χ4v) is 5.31. The molecular weight excluding hydrogens is 656 g/mol. The van der Waals surface area contributed by atoms with E-state index >= 15 is 0 Å². The summed E-state index contributed by atoms with van der Waals surface area (Å²) < 4.78 is 33.9. The fourth-order valence-electron chi connectivity index (χ4n) is 5.31. The van der Waals surface area contributed by atoms with E-state index < -0.39 is 0 Å². The van der Waals surface area contributed by atoms with E-state index in [1.807, 2.05) is 133 Å². The van der Waals surface area contributed by atoms with Gasteiger partial charge in [-0.25, -0.2) is 0 Å². The Morgan fingerprint density at radius 3 is 0.885 bits per heavy atom. The summed E-state index contributed by atoms with van der Waals surface area (Å²) in [5.74, 6) is 4.50. The molecule has 6 rings (SSSR count). The zero-order valence-electron chi connectivity index (χ0n) is 29.6. The standard InChI is InChI=1S/C42H42N4O6/c1-47-35-15-5-29(6-16-35)43-33-13-23-41(39(27-33)45-31-9-19-37(49-3)20-10-31)51-25-26-52-42-24-14-34(44-30-7-17-36(48-2)18-8-30)28-40(42)46-32-11-21-38(50-4)22-12-32/h5-24,27-28,43-46H,25-26H2,1-4H3. The summed E-state index contributed by atoms with van der Waals surface area (Å²) in [6, 6.07) is 42.9. The molecule has 6 aromatic carbocycles. The highest BCUT2D eigenvalue weighted by molar-refractivity contribution is 5.75. The molecule has 0 fully saturated rings. The molecule has 0 saturated heterocycles. The summed E-state index contributed by atoms with van der Waals surface area (Å²) in [6.07, 6.45) is 0. The molecule has 6 aromatic rings. The lowest BCUT2D eigenvalue weighted by atomic mass is 10.2. The highest BCUT2D eigenvalue weighted by Gasteiger charge is 2.11. The third-order valence-corrected chi connectivity index (χ3v) is 8.05. The van der Waals surface area contributed by atoms with Crippen LogP contribution < -0.4 is 49.7 Å². The monoisotopic (exact) mass is 698 g/mol. The minimum absolute atomic E-state index is 0.302. The Hall–Kier alpha value is -6.68. The van der Waals surface area contributed by atoms with E-state index in [0.29, 0.717) is 24.7 Å². The predicted molar refractivity (Wildman–Crippen MR) is 209 cm³/mol. The average Bonchev–Trinajstić information content (AvgIpc) is 3.19. The van der Waals surface area contributed by atoms with Gasteiger partial charge >= 0.3 is 0 Å². The van der Waals surface area contributed by atoms with Crippen LogP contribution in [-0.4, -0.2) is 41.7 Å². The summed E-state index contributed by atoms with van der Waals surface area (Å²) in [4.78, 5) is 0. The zero-order chi connectivity index (χ0) is 36.1. The first-order valence-electron chi connectivity index (χ1n) is 16.7. The van der Waals surface area contributed by atoms with Crippen molar-refractivity contribution >= 4 is 45.5 Å². The first kappa shape index (κ1) is 35.2. The van der Waals surface area contributed by atoms with Gasteiger partial charge in [-0.3, -0.25) is 0 Å². The van der Waals surface area contributed by atoms with E-state index in [0.717, 1.165) is 68.5 Å². The predicted octanol–water partition coefficient (Wildman–Crippen LogP) is 10.2. The van der Waals surface area contributed by atoms with Crippen LogP contribution in [0.1, 0.15) is 0 Å². The Balaban J connectivity index is 1.17. The highest BCUT2D eigenvalue weighted by Crippen LogP contribution is 2.35. The molecule has 0 aromatic heterocycles. The molecule has 0 unspecified atom stereocenters. The lowest BCUT2D eigenvalue weighted by molar-refractivity contribution is 0.218. The van der Waals surface area contributed by atoms with Gasteiger partial charge in [0.25, 0.3) is 0 Å². The first-order chi connectivity index (χ1) is 25.5. The van der Waals surface area contributed by atoms with Gasteiger partial charge in [-0.15, -0.1) is 0 Å². The maximum atomic E-state index is 6.30. The first-order valence-corrected chi connectivity index (χ1v) is 16.7.